The van der Waals surface area contributed by atoms with Gasteiger partial charge < -0.3 is 4.42 Å². The highest BCUT2D eigenvalue weighted by Crippen LogP contribution is 2.34. The third-order valence-corrected chi connectivity index (χ3v) is 4.78. The molecule has 0 unspecified atom stereocenters. The van der Waals surface area contributed by atoms with Crippen molar-refractivity contribution in [3.8, 4) is 33.7 Å². The molecule has 5 rings (SSSR count). The van der Waals surface area contributed by atoms with Crippen molar-refractivity contribution in [2.45, 2.75) is 0 Å². The summed E-state index contributed by atoms with van der Waals surface area (Å²) in [6.07, 6.45) is 3.60. The Labute approximate surface area is 154 Å². The van der Waals surface area contributed by atoms with E-state index in [4.69, 9.17) is 4.42 Å². The summed E-state index contributed by atoms with van der Waals surface area (Å²) < 4.78 is 14.6. The molecule has 2 aromatic carbocycles. The molecule has 26 heavy (non-hydrogen) atoms. The third-order valence-electron chi connectivity index (χ3n) is 4.30. The summed E-state index contributed by atoms with van der Waals surface area (Å²) in [5.74, 6) is 0.793. The SMILES string of the molecule is c1ccc(-c2ccnc3cc(-c4cccc(-c5cnsn5)c4)oc23)cc1. The van der Waals surface area contributed by atoms with Gasteiger partial charge in [0, 0.05) is 29.0 Å². The molecule has 3 aromatic heterocycles. The van der Waals surface area contributed by atoms with Crippen molar-refractivity contribution < 1.29 is 4.42 Å². The summed E-state index contributed by atoms with van der Waals surface area (Å²) in [6, 6.07) is 22.3. The first-order valence-electron chi connectivity index (χ1n) is 8.21. The van der Waals surface area contributed by atoms with Crippen LogP contribution in [-0.2, 0) is 0 Å². The smallest absolute Gasteiger partial charge is 0.161 e. The summed E-state index contributed by atoms with van der Waals surface area (Å²) >= 11 is 1.21. The van der Waals surface area contributed by atoms with E-state index >= 15 is 0 Å². The van der Waals surface area contributed by atoms with E-state index in [0.29, 0.717) is 0 Å². The Morgan fingerprint density at radius 2 is 1.65 bits per heavy atom. The highest BCUT2D eigenvalue weighted by molar-refractivity contribution is 6.99. The number of hydrogen-bond donors (Lipinski definition) is 0. The minimum Gasteiger partial charge on any atom is -0.454 e. The summed E-state index contributed by atoms with van der Waals surface area (Å²) in [4.78, 5) is 4.47. The van der Waals surface area contributed by atoms with Gasteiger partial charge in [-0.3, -0.25) is 4.98 Å². The van der Waals surface area contributed by atoms with Crippen LogP contribution in [0, 0.1) is 0 Å². The normalized spacial score (nSPS) is 11.1. The fraction of sp³-hybridized carbons (Fsp3) is 0. The first kappa shape index (κ1) is 15.0. The van der Waals surface area contributed by atoms with Gasteiger partial charge in [-0.2, -0.15) is 8.75 Å². The van der Waals surface area contributed by atoms with E-state index < -0.39 is 0 Å². The second kappa shape index (κ2) is 6.20. The molecule has 0 bridgehead atoms. The van der Waals surface area contributed by atoms with Crippen LogP contribution in [0.25, 0.3) is 44.8 Å². The Morgan fingerprint density at radius 1 is 0.808 bits per heavy atom. The van der Waals surface area contributed by atoms with Crippen LogP contribution in [0.15, 0.2) is 83.5 Å². The van der Waals surface area contributed by atoms with Gasteiger partial charge in [0.2, 0.25) is 0 Å². The van der Waals surface area contributed by atoms with Crippen molar-refractivity contribution >= 4 is 22.8 Å². The van der Waals surface area contributed by atoms with Crippen molar-refractivity contribution in [1.29, 1.82) is 0 Å². The molecule has 0 saturated heterocycles. The highest BCUT2D eigenvalue weighted by Gasteiger charge is 2.13. The van der Waals surface area contributed by atoms with E-state index in [9.17, 15) is 0 Å². The topological polar surface area (TPSA) is 51.8 Å². The van der Waals surface area contributed by atoms with Crippen molar-refractivity contribution in [2.24, 2.45) is 0 Å². The van der Waals surface area contributed by atoms with E-state index in [1.807, 2.05) is 54.7 Å². The molecule has 0 radical (unpaired) electrons. The molecule has 0 saturated carbocycles. The molecule has 5 heteroatoms. The molecule has 0 atom stereocenters. The van der Waals surface area contributed by atoms with Crippen molar-refractivity contribution in [3.63, 3.8) is 0 Å². The molecule has 0 aliphatic rings. The number of nitrogens with zero attached hydrogens (tertiary/aromatic N) is 3. The van der Waals surface area contributed by atoms with E-state index in [2.05, 4.69) is 31.9 Å². The number of aromatic nitrogens is 3. The molecule has 4 nitrogen and oxygen atoms in total. The summed E-state index contributed by atoms with van der Waals surface area (Å²) in [7, 11) is 0. The highest BCUT2D eigenvalue weighted by atomic mass is 32.1. The van der Waals surface area contributed by atoms with Crippen LogP contribution in [0.4, 0.5) is 0 Å². The average Bonchev–Trinajstić information content (AvgIpc) is 3.38. The van der Waals surface area contributed by atoms with Gasteiger partial charge >= 0.3 is 0 Å². The van der Waals surface area contributed by atoms with Crippen LogP contribution in [0.2, 0.25) is 0 Å². The Morgan fingerprint density at radius 3 is 2.50 bits per heavy atom. The molecule has 0 spiro atoms. The van der Waals surface area contributed by atoms with Gasteiger partial charge in [-0.05, 0) is 17.7 Å². The average molecular weight is 355 g/mol. The summed E-state index contributed by atoms with van der Waals surface area (Å²) in [5.41, 5.74) is 6.69. The quantitative estimate of drug-likeness (QED) is 0.418. The molecule has 5 aromatic rings. The fourth-order valence-corrected chi connectivity index (χ4v) is 3.48. The summed E-state index contributed by atoms with van der Waals surface area (Å²) in [5, 5.41) is 0. The number of rotatable bonds is 3. The van der Waals surface area contributed by atoms with Gasteiger partial charge in [0.25, 0.3) is 0 Å². The Hall–Kier alpha value is -3.31. The lowest BCUT2D eigenvalue weighted by molar-refractivity contribution is 0.632. The lowest BCUT2D eigenvalue weighted by Gasteiger charge is -2.02. The first-order valence-corrected chi connectivity index (χ1v) is 8.94. The first-order chi connectivity index (χ1) is 12.9. The minimum atomic E-state index is 0.793. The predicted molar refractivity (Wildman–Crippen MR) is 104 cm³/mol. The fourth-order valence-electron chi connectivity index (χ4n) is 3.05. The second-order valence-electron chi connectivity index (χ2n) is 5.92. The Balaban J connectivity index is 1.64. The van der Waals surface area contributed by atoms with Gasteiger partial charge in [-0.15, -0.1) is 0 Å². The second-order valence-corrected chi connectivity index (χ2v) is 6.48. The molecular weight excluding hydrogens is 342 g/mol. The van der Waals surface area contributed by atoms with E-state index in [0.717, 1.165) is 44.8 Å². The summed E-state index contributed by atoms with van der Waals surface area (Å²) in [6.45, 7) is 0. The zero-order valence-corrected chi connectivity index (χ0v) is 14.5. The van der Waals surface area contributed by atoms with Gasteiger partial charge in [-0.1, -0.05) is 48.5 Å². The van der Waals surface area contributed by atoms with Gasteiger partial charge in [0.05, 0.1) is 17.9 Å². The molecule has 0 fully saturated rings. The van der Waals surface area contributed by atoms with Crippen molar-refractivity contribution in [3.05, 3.63) is 79.1 Å². The standard InChI is InChI=1S/C21H13N3OS/c1-2-5-14(6-3-1)17-9-10-22-18-12-20(25-21(17)18)16-8-4-7-15(11-16)19-13-23-26-24-19/h1-13H. The van der Waals surface area contributed by atoms with Crippen LogP contribution >= 0.6 is 11.7 Å². The maximum atomic E-state index is 6.22. The van der Waals surface area contributed by atoms with Gasteiger partial charge in [-0.25, -0.2) is 0 Å². The van der Waals surface area contributed by atoms with Crippen LogP contribution < -0.4 is 0 Å². The predicted octanol–water partition coefficient (Wildman–Crippen LogP) is 5.68. The maximum Gasteiger partial charge on any atom is 0.161 e. The molecule has 0 amide bonds. The number of hydrogen-bond acceptors (Lipinski definition) is 5. The zero-order valence-electron chi connectivity index (χ0n) is 13.7. The minimum absolute atomic E-state index is 0.793. The van der Waals surface area contributed by atoms with Crippen LogP contribution in [0.3, 0.4) is 0 Å². The molecule has 3 heterocycles. The number of fused-ring (bicyclic) bond motifs is 1. The van der Waals surface area contributed by atoms with E-state index in [-0.39, 0.29) is 0 Å². The van der Waals surface area contributed by atoms with E-state index in [1.165, 1.54) is 11.7 Å². The maximum absolute atomic E-state index is 6.22. The molecule has 0 N–H and O–H groups in total. The lowest BCUT2D eigenvalue weighted by Crippen LogP contribution is -1.80. The van der Waals surface area contributed by atoms with Crippen LogP contribution in [-0.4, -0.2) is 13.7 Å². The zero-order chi connectivity index (χ0) is 17.3. The molecule has 0 aliphatic carbocycles. The van der Waals surface area contributed by atoms with Crippen molar-refractivity contribution in [1.82, 2.24) is 13.7 Å². The Kier molecular flexibility index (Phi) is 3.57. The van der Waals surface area contributed by atoms with E-state index in [1.54, 1.807) is 6.20 Å². The van der Waals surface area contributed by atoms with Crippen LogP contribution in [0.5, 0.6) is 0 Å². The largest absolute Gasteiger partial charge is 0.454 e. The molecule has 124 valence electrons. The molecular formula is C21H13N3OS. The van der Waals surface area contributed by atoms with Crippen molar-refractivity contribution in [2.75, 3.05) is 0 Å². The lowest BCUT2D eigenvalue weighted by atomic mass is 10.1. The number of pyridine rings is 1. The molecule has 0 aliphatic heterocycles. The Bertz CT molecular complexity index is 1180. The van der Waals surface area contributed by atoms with Gasteiger partial charge in [0.1, 0.15) is 17.0 Å². The van der Waals surface area contributed by atoms with Crippen LogP contribution in [0.1, 0.15) is 0 Å². The number of benzene rings is 2. The van der Waals surface area contributed by atoms with Gasteiger partial charge in [0.15, 0.2) is 5.58 Å². The third kappa shape index (κ3) is 2.59. The monoisotopic (exact) mass is 355 g/mol. The number of furan rings is 1.